The third-order valence-electron chi connectivity index (χ3n) is 4.08. The highest BCUT2D eigenvalue weighted by Crippen LogP contribution is 2.16. The van der Waals surface area contributed by atoms with Gasteiger partial charge in [-0.05, 0) is 46.1 Å². The number of likely N-dealkylation sites (N-methyl/N-ethyl adjacent to an activating group) is 2. The van der Waals surface area contributed by atoms with Crippen LogP contribution in [0.4, 0.5) is 0 Å². The molecular formula is C16H27N3. The van der Waals surface area contributed by atoms with Gasteiger partial charge in [0, 0.05) is 25.7 Å². The maximum absolute atomic E-state index is 3.46. The van der Waals surface area contributed by atoms with E-state index >= 15 is 0 Å². The van der Waals surface area contributed by atoms with E-state index in [1.165, 1.54) is 43.7 Å². The number of hydrogen-bond acceptors (Lipinski definition) is 3. The minimum absolute atomic E-state index is 0.434. The molecule has 1 fully saturated rings. The van der Waals surface area contributed by atoms with Crippen LogP contribution in [-0.4, -0.2) is 56.6 Å². The molecule has 1 unspecified atom stereocenters. The van der Waals surface area contributed by atoms with E-state index in [9.17, 15) is 0 Å². The number of nitrogens with one attached hydrogen (secondary N) is 1. The Morgan fingerprint density at radius 1 is 1.11 bits per heavy atom. The summed E-state index contributed by atoms with van der Waals surface area (Å²) in [7, 11) is 4.29. The van der Waals surface area contributed by atoms with Gasteiger partial charge in [-0.15, -0.1) is 0 Å². The molecule has 19 heavy (non-hydrogen) atoms. The maximum Gasteiger partial charge on any atom is 0.0446 e. The Labute approximate surface area is 117 Å². The lowest BCUT2D eigenvalue weighted by molar-refractivity contribution is 0.251. The normalized spacial score (nSPS) is 20.2. The van der Waals surface area contributed by atoms with Crippen molar-refractivity contribution in [3.63, 3.8) is 0 Å². The molecule has 1 aromatic rings. The molecule has 1 aliphatic rings. The first-order valence-electron chi connectivity index (χ1n) is 7.34. The van der Waals surface area contributed by atoms with Crippen LogP contribution in [0.5, 0.6) is 0 Å². The van der Waals surface area contributed by atoms with Gasteiger partial charge in [-0.1, -0.05) is 29.8 Å². The van der Waals surface area contributed by atoms with Gasteiger partial charge in [0.05, 0.1) is 0 Å². The second-order valence-electron chi connectivity index (χ2n) is 5.71. The third kappa shape index (κ3) is 4.30. The summed E-state index contributed by atoms with van der Waals surface area (Å²) in [6, 6.07) is 9.34. The summed E-state index contributed by atoms with van der Waals surface area (Å²) in [5, 5.41) is 3.46. The first kappa shape index (κ1) is 14.5. The van der Waals surface area contributed by atoms with E-state index in [4.69, 9.17) is 0 Å². The van der Waals surface area contributed by atoms with Crippen LogP contribution in [0.3, 0.4) is 0 Å². The Bertz CT molecular complexity index is 374. The zero-order valence-corrected chi connectivity index (χ0v) is 12.5. The fraction of sp³-hybridized carbons (Fsp3) is 0.625. The largest absolute Gasteiger partial charge is 0.312 e. The van der Waals surface area contributed by atoms with Gasteiger partial charge in [0.2, 0.25) is 0 Å². The van der Waals surface area contributed by atoms with E-state index < -0.39 is 0 Å². The summed E-state index contributed by atoms with van der Waals surface area (Å²) in [6.07, 6.45) is 1.28. The Morgan fingerprint density at radius 2 is 1.84 bits per heavy atom. The molecule has 1 aliphatic heterocycles. The van der Waals surface area contributed by atoms with Crippen LogP contribution in [-0.2, 0) is 0 Å². The highest BCUT2D eigenvalue weighted by molar-refractivity contribution is 5.24. The van der Waals surface area contributed by atoms with Crippen molar-refractivity contribution in [2.75, 3.05) is 46.8 Å². The van der Waals surface area contributed by atoms with Gasteiger partial charge in [-0.3, -0.25) is 0 Å². The predicted octanol–water partition coefficient (Wildman–Crippen LogP) is 1.89. The summed E-state index contributed by atoms with van der Waals surface area (Å²) in [4.78, 5) is 5.02. The molecule has 0 amide bonds. The monoisotopic (exact) mass is 261 g/mol. The lowest BCUT2D eigenvalue weighted by atomic mass is 10.0. The van der Waals surface area contributed by atoms with Crippen LogP contribution in [0.15, 0.2) is 24.3 Å². The molecule has 106 valence electrons. The number of benzene rings is 1. The van der Waals surface area contributed by atoms with Crippen molar-refractivity contribution in [3.05, 3.63) is 35.4 Å². The average molecular weight is 261 g/mol. The van der Waals surface area contributed by atoms with Gasteiger partial charge in [0.1, 0.15) is 0 Å². The molecule has 0 radical (unpaired) electrons. The standard InChI is InChI=1S/C16H27N3/c1-14-5-7-15(8-6-14)16(17-2)13-19-10-4-9-18(3)11-12-19/h5-8,16-17H,4,9-13H2,1-3H3. The van der Waals surface area contributed by atoms with Crippen molar-refractivity contribution in [2.45, 2.75) is 19.4 Å². The molecule has 3 heteroatoms. The van der Waals surface area contributed by atoms with E-state index in [1.807, 2.05) is 0 Å². The quantitative estimate of drug-likeness (QED) is 0.893. The Kier molecular flexibility index (Phi) is 5.37. The fourth-order valence-electron chi connectivity index (χ4n) is 2.70. The predicted molar refractivity (Wildman–Crippen MR) is 81.5 cm³/mol. The van der Waals surface area contributed by atoms with Crippen LogP contribution in [0.2, 0.25) is 0 Å². The first-order valence-corrected chi connectivity index (χ1v) is 7.34. The number of nitrogens with zero attached hydrogens (tertiary/aromatic N) is 2. The van der Waals surface area contributed by atoms with E-state index in [-0.39, 0.29) is 0 Å². The minimum Gasteiger partial charge on any atom is -0.312 e. The van der Waals surface area contributed by atoms with Crippen LogP contribution in [0, 0.1) is 6.92 Å². The molecule has 3 nitrogen and oxygen atoms in total. The van der Waals surface area contributed by atoms with E-state index in [0.717, 1.165) is 6.54 Å². The zero-order valence-electron chi connectivity index (χ0n) is 12.5. The van der Waals surface area contributed by atoms with E-state index in [0.29, 0.717) is 6.04 Å². The third-order valence-corrected chi connectivity index (χ3v) is 4.08. The van der Waals surface area contributed by atoms with Gasteiger partial charge in [0.15, 0.2) is 0 Å². The van der Waals surface area contributed by atoms with Gasteiger partial charge in [0.25, 0.3) is 0 Å². The Balaban J connectivity index is 1.96. The van der Waals surface area contributed by atoms with Crippen molar-refractivity contribution in [1.29, 1.82) is 0 Å². The van der Waals surface area contributed by atoms with Gasteiger partial charge >= 0.3 is 0 Å². The van der Waals surface area contributed by atoms with Crippen molar-refractivity contribution >= 4 is 0 Å². The SMILES string of the molecule is CNC(CN1CCCN(C)CC1)c1ccc(C)cc1. The molecular weight excluding hydrogens is 234 g/mol. The van der Waals surface area contributed by atoms with E-state index in [2.05, 4.69) is 60.4 Å². The smallest absolute Gasteiger partial charge is 0.0446 e. The summed E-state index contributed by atoms with van der Waals surface area (Å²) in [6.45, 7) is 8.06. The van der Waals surface area contributed by atoms with E-state index in [1.54, 1.807) is 0 Å². The highest BCUT2D eigenvalue weighted by Gasteiger charge is 2.17. The highest BCUT2D eigenvalue weighted by atomic mass is 15.2. The lowest BCUT2D eigenvalue weighted by Crippen LogP contribution is -2.36. The van der Waals surface area contributed by atoms with Crippen LogP contribution in [0.1, 0.15) is 23.6 Å². The zero-order chi connectivity index (χ0) is 13.7. The summed E-state index contributed by atoms with van der Waals surface area (Å²) in [5.74, 6) is 0. The van der Waals surface area contributed by atoms with Gasteiger partial charge in [-0.25, -0.2) is 0 Å². The molecule has 0 aromatic heterocycles. The number of aryl methyl sites for hydroxylation is 1. The summed E-state index contributed by atoms with van der Waals surface area (Å²) in [5.41, 5.74) is 2.72. The van der Waals surface area contributed by atoms with Gasteiger partial charge < -0.3 is 15.1 Å². The number of hydrogen-bond donors (Lipinski definition) is 1. The fourth-order valence-corrected chi connectivity index (χ4v) is 2.70. The Hall–Kier alpha value is -0.900. The molecule has 0 saturated carbocycles. The molecule has 1 saturated heterocycles. The van der Waals surface area contributed by atoms with Crippen molar-refractivity contribution in [3.8, 4) is 0 Å². The second kappa shape index (κ2) is 7.04. The van der Waals surface area contributed by atoms with Crippen LogP contribution in [0.25, 0.3) is 0 Å². The van der Waals surface area contributed by atoms with Crippen LogP contribution < -0.4 is 5.32 Å². The molecule has 2 rings (SSSR count). The molecule has 0 spiro atoms. The molecule has 0 bridgehead atoms. The van der Waals surface area contributed by atoms with Crippen molar-refractivity contribution in [2.24, 2.45) is 0 Å². The topological polar surface area (TPSA) is 18.5 Å². The molecule has 1 N–H and O–H groups in total. The summed E-state index contributed by atoms with van der Waals surface area (Å²) >= 11 is 0. The van der Waals surface area contributed by atoms with Crippen LogP contribution >= 0.6 is 0 Å². The molecule has 1 atom stereocenters. The molecule has 1 aromatic carbocycles. The maximum atomic E-state index is 3.46. The second-order valence-corrected chi connectivity index (χ2v) is 5.71. The molecule has 0 aliphatic carbocycles. The first-order chi connectivity index (χ1) is 9.19. The van der Waals surface area contributed by atoms with Crippen molar-refractivity contribution < 1.29 is 0 Å². The number of rotatable bonds is 4. The minimum atomic E-state index is 0.434. The van der Waals surface area contributed by atoms with Gasteiger partial charge in [-0.2, -0.15) is 0 Å². The lowest BCUT2D eigenvalue weighted by Gasteiger charge is -2.26. The summed E-state index contributed by atoms with van der Waals surface area (Å²) < 4.78 is 0. The molecule has 1 heterocycles. The average Bonchev–Trinajstić information content (AvgIpc) is 2.62. The Morgan fingerprint density at radius 3 is 2.53 bits per heavy atom. The van der Waals surface area contributed by atoms with Crippen molar-refractivity contribution in [1.82, 2.24) is 15.1 Å².